The maximum atomic E-state index is 3.51. The van der Waals surface area contributed by atoms with Gasteiger partial charge in [0.1, 0.15) is 0 Å². The van der Waals surface area contributed by atoms with E-state index in [1.165, 1.54) is 28.3 Å². The van der Waals surface area contributed by atoms with E-state index in [4.69, 9.17) is 0 Å². The highest BCUT2D eigenvalue weighted by Crippen LogP contribution is 2.29. The minimum atomic E-state index is 0.980. The van der Waals surface area contributed by atoms with E-state index < -0.39 is 0 Å². The molecule has 0 aliphatic carbocycles. The smallest absolute Gasteiger partial charge is 0.0605 e. The zero-order valence-corrected chi connectivity index (χ0v) is 12.6. The number of nitrogens with zero attached hydrogens (tertiary/aromatic N) is 1. The van der Waals surface area contributed by atoms with Gasteiger partial charge in [-0.05, 0) is 42.5 Å². The Labute approximate surface area is 125 Å². The van der Waals surface area contributed by atoms with Crippen LogP contribution < -0.4 is 10.2 Å². The Balaban J connectivity index is 1.82. The second kappa shape index (κ2) is 6.23. The van der Waals surface area contributed by atoms with Crippen molar-refractivity contribution in [1.29, 1.82) is 0 Å². The van der Waals surface area contributed by atoms with Crippen LogP contribution in [0.2, 0.25) is 0 Å². The number of hydrogen-bond acceptors (Lipinski definition) is 3. The molecule has 0 amide bonds. The predicted molar refractivity (Wildman–Crippen MR) is 88.8 cm³/mol. The van der Waals surface area contributed by atoms with E-state index in [1.807, 2.05) is 0 Å². The normalized spacial score (nSPS) is 14.3. The topological polar surface area (TPSA) is 15.3 Å². The molecule has 1 aliphatic heterocycles. The van der Waals surface area contributed by atoms with Crippen molar-refractivity contribution in [2.45, 2.75) is 17.9 Å². The number of thioether (sulfide) groups is 1. The van der Waals surface area contributed by atoms with Crippen LogP contribution in [0, 0.1) is 0 Å². The van der Waals surface area contributed by atoms with Crippen LogP contribution in [0.4, 0.5) is 11.4 Å². The lowest BCUT2D eigenvalue weighted by molar-refractivity contribution is 0.764. The summed E-state index contributed by atoms with van der Waals surface area (Å²) in [6.45, 7) is 3.14. The molecule has 1 N–H and O–H groups in total. The third kappa shape index (κ3) is 2.93. The highest BCUT2D eigenvalue weighted by atomic mass is 32.2. The van der Waals surface area contributed by atoms with Crippen LogP contribution in [0.1, 0.15) is 12.0 Å². The van der Waals surface area contributed by atoms with Crippen molar-refractivity contribution in [2.75, 3.05) is 29.6 Å². The molecule has 0 atom stereocenters. The van der Waals surface area contributed by atoms with E-state index in [0.717, 1.165) is 19.6 Å². The summed E-state index contributed by atoms with van der Waals surface area (Å²) in [5.74, 6) is 0. The van der Waals surface area contributed by atoms with Crippen LogP contribution in [-0.4, -0.2) is 19.3 Å². The Hall–Kier alpha value is -1.61. The molecule has 0 spiro atoms. The van der Waals surface area contributed by atoms with Gasteiger partial charge in [-0.3, -0.25) is 0 Å². The van der Waals surface area contributed by atoms with E-state index in [0.29, 0.717) is 0 Å². The molecule has 0 radical (unpaired) electrons. The molecular formula is C17H20N2S. The fourth-order valence-corrected chi connectivity index (χ4v) is 3.04. The average molecular weight is 284 g/mol. The quantitative estimate of drug-likeness (QED) is 0.849. The molecule has 0 saturated heterocycles. The van der Waals surface area contributed by atoms with Crippen LogP contribution in [0.15, 0.2) is 53.4 Å². The molecule has 0 aromatic heterocycles. The van der Waals surface area contributed by atoms with E-state index >= 15 is 0 Å². The third-order valence-corrected chi connectivity index (χ3v) is 4.44. The molecule has 3 heteroatoms. The van der Waals surface area contributed by atoms with Crippen molar-refractivity contribution in [3.8, 4) is 0 Å². The van der Waals surface area contributed by atoms with Crippen molar-refractivity contribution in [3.05, 3.63) is 54.1 Å². The lowest BCUT2D eigenvalue weighted by Crippen LogP contribution is -2.23. The average Bonchev–Trinajstić information content (AvgIpc) is 2.71. The van der Waals surface area contributed by atoms with Gasteiger partial charge in [0.05, 0.1) is 11.4 Å². The molecular weight excluding hydrogens is 264 g/mol. The second-order valence-electron chi connectivity index (χ2n) is 5.07. The number of para-hydroxylation sites is 2. The van der Waals surface area contributed by atoms with Gasteiger partial charge in [0.15, 0.2) is 0 Å². The fourth-order valence-electron chi connectivity index (χ4n) is 2.63. The summed E-state index contributed by atoms with van der Waals surface area (Å²) in [5.41, 5.74) is 3.95. The first-order valence-corrected chi connectivity index (χ1v) is 8.30. The molecule has 0 saturated carbocycles. The number of hydrogen-bond donors (Lipinski definition) is 1. The number of anilines is 2. The molecule has 1 aliphatic rings. The minimum Gasteiger partial charge on any atom is -0.383 e. The van der Waals surface area contributed by atoms with Crippen LogP contribution in [-0.2, 0) is 6.54 Å². The van der Waals surface area contributed by atoms with Crippen molar-refractivity contribution >= 4 is 23.1 Å². The first-order chi connectivity index (χ1) is 9.86. The Morgan fingerprint density at radius 1 is 1.10 bits per heavy atom. The summed E-state index contributed by atoms with van der Waals surface area (Å²) in [6, 6.07) is 17.5. The van der Waals surface area contributed by atoms with Gasteiger partial charge in [0.25, 0.3) is 0 Å². The van der Waals surface area contributed by atoms with Gasteiger partial charge in [-0.2, -0.15) is 0 Å². The van der Waals surface area contributed by atoms with Crippen molar-refractivity contribution < 1.29 is 0 Å². The summed E-state index contributed by atoms with van der Waals surface area (Å²) in [5, 5.41) is 3.51. The number of benzene rings is 2. The zero-order chi connectivity index (χ0) is 13.8. The third-order valence-electron chi connectivity index (χ3n) is 3.70. The van der Waals surface area contributed by atoms with Crippen LogP contribution in [0.3, 0.4) is 0 Å². The van der Waals surface area contributed by atoms with Gasteiger partial charge in [-0.25, -0.2) is 0 Å². The molecule has 1 heterocycles. The van der Waals surface area contributed by atoms with Gasteiger partial charge < -0.3 is 10.2 Å². The Morgan fingerprint density at radius 3 is 2.70 bits per heavy atom. The highest BCUT2D eigenvalue weighted by Gasteiger charge is 2.14. The number of nitrogens with one attached hydrogen (secondary N) is 1. The van der Waals surface area contributed by atoms with Crippen LogP contribution >= 0.6 is 11.8 Å². The maximum Gasteiger partial charge on any atom is 0.0605 e. The van der Waals surface area contributed by atoms with E-state index in [-0.39, 0.29) is 0 Å². The predicted octanol–water partition coefficient (Wildman–Crippen LogP) is 4.23. The highest BCUT2D eigenvalue weighted by molar-refractivity contribution is 7.98. The summed E-state index contributed by atoms with van der Waals surface area (Å²) in [4.78, 5) is 3.80. The second-order valence-corrected chi connectivity index (χ2v) is 5.95. The molecule has 2 aromatic carbocycles. The molecule has 0 fully saturated rings. The Bertz CT molecular complexity index is 565. The summed E-state index contributed by atoms with van der Waals surface area (Å²) >= 11 is 1.79. The summed E-state index contributed by atoms with van der Waals surface area (Å²) in [7, 11) is 0. The standard InChI is InChI=1S/C17H20N2S/c1-20-15-9-7-14(8-10-15)13-19-12-4-11-18-16-5-2-3-6-17(16)19/h2-3,5-10,18H,4,11-13H2,1H3. The molecule has 2 nitrogen and oxygen atoms in total. The van der Waals surface area contributed by atoms with Gasteiger partial charge in [-0.1, -0.05) is 24.3 Å². The molecule has 20 heavy (non-hydrogen) atoms. The van der Waals surface area contributed by atoms with Crippen molar-refractivity contribution in [1.82, 2.24) is 0 Å². The molecule has 2 aromatic rings. The minimum absolute atomic E-state index is 0.980. The number of fused-ring (bicyclic) bond motifs is 1. The largest absolute Gasteiger partial charge is 0.383 e. The van der Waals surface area contributed by atoms with Gasteiger partial charge in [-0.15, -0.1) is 11.8 Å². The number of rotatable bonds is 3. The monoisotopic (exact) mass is 284 g/mol. The van der Waals surface area contributed by atoms with Crippen LogP contribution in [0.5, 0.6) is 0 Å². The van der Waals surface area contributed by atoms with E-state index in [9.17, 15) is 0 Å². The van der Waals surface area contributed by atoms with Crippen molar-refractivity contribution in [2.24, 2.45) is 0 Å². The lowest BCUT2D eigenvalue weighted by Gasteiger charge is -2.24. The summed E-state index contributed by atoms with van der Waals surface area (Å²) < 4.78 is 0. The van der Waals surface area contributed by atoms with E-state index in [2.05, 4.69) is 65.0 Å². The fraction of sp³-hybridized carbons (Fsp3) is 0.294. The van der Waals surface area contributed by atoms with Crippen LogP contribution in [0.25, 0.3) is 0 Å². The maximum absolute atomic E-state index is 3.51. The van der Waals surface area contributed by atoms with Gasteiger partial charge in [0, 0.05) is 24.5 Å². The SMILES string of the molecule is CSc1ccc(CN2CCCNc3ccccc32)cc1. The Morgan fingerprint density at radius 2 is 1.90 bits per heavy atom. The summed E-state index contributed by atoms with van der Waals surface area (Å²) in [6.07, 6.45) is 3.29. The first kappa shape index (κ1) is 13.4. The van der Waals surface area contributed by atoms with E-state index in [1.54, 1.807) is 11.8 Å². The lowest BCUT2D eigenvalue weighted by atomic mass is 10.2. The zero-order valence-electron chi connectivity index (χ0n) is 11.8. The molecule has 0 bridgehead atoms. The molecule has 3 rings (SSSR count). The van der Waals surface area contributed by atoms with Crippen molar-refractivity contribution in [3.63, 3.8) is 0 Å². The Kier molecular flexibility index (Phi) is 4.16. The van der Waals surface area contributed by atoms with Gasteiger partial charge in [0.2, 0.25) is 0 Å². The van der Waals surface area contributed by atoms with Gasteiger partial charge >= 0.3 is 0 Å². The first-order valence-electron chi connectivity index (χ1n) is 7.07. The molecule has 0 unspecified atom stereocenters. The molecule has 104 valence electrons.